The van der Waals surface area contributed by atoms with Crippen molar-refractivity contribution in [1.82, 2.24) is 35.7 Å². The van der Waals surface area contributed by atoms with Crippen LogP contribution < -0.4 is 5.32 Å². The fourth-order valence-electron chi connectivity index (χ4n) is 7.34. The molecule has 0 radical (unpaired) electrons. The number of tetrazole rings is 1. The van der Waals surface area contributed by atoms with Gasteiger partial charge in [0.1, 0.15) is 5.66 Å². The van der Waals surface area contributed by atoms with Crippen LogP contribution in [0.3, 0.4) is 0 Å². The molecule has 1 saturated carbocycles. The van der Waals surface area contributed by atoms with E-state index in [0.717, 1.165) is 24.8 Å². The fraction of sp³-hybridized carbons (Fsp3) is 0.706. The summed E-state index contributed by atoms with van der Waals surface area (Å²) < 4.78 is 40.5. The van der Waals surface area contributed by atoms with Crippen molar-refractivity contribution < 1.29 is 22.8 Å². The van der Waals surface area contributed by atoms with Crippen LogP contribution in [0.1, 0.15) is 121 Å². The first-order valence-electron chi connectivity index (χ1n) is 16.8. The Morgan fingerprint density at radius 1 is 1.00 bits per heavy atom. The van der Waals surface area contributed by atoms with Crippen molar-refractivity contribution in [3.8, 4) is 0 Å². The fourth-order valence-corrected chi connectivity index (χ4v) is 7.34. The largest absolute Gasteiger partial charge is 0.391 e. The Kier molecular flexibility index (Phi) is 9.76. The summed E-state index contributed by atoms with van der Waals surface area (Å²) in [5, 5.41) is 16.4. The van der Waals surface area contributed by atoms with E-state index in [9.17, 15) is 22.8 Å². The lowest BCUT2D eigenvalue weighted by molar-refractivity contribution is -0.183. The SMILES string of the molecule is CC(C)(C)CC[C@H](c1ccc(C(=O)NCc2nn[nH]n2)cc1)N1C(=O)C(N2CCC(C(F)(F)F)CC2)=NC12CCC(C(C)(C)C)CC2. The van der Waals surface area contributed by atoms with Gasteiger partial charge in [-0.15, -0.1) is 10.2 Å². The third-order valence-corrected chi connectivity index (χ3v) is 10.3. The van der Waals surface area contributed by atoms with E-state index in [-0.39, 0.29) is 61.2 Å². The lowest BCUT2D eigenvalue weighted by atomic mass is 9.69. The number of halogens is 3. The van der Waals surface area contributed by atoms with E-state index in [1.807, 2.05) is 17.0 Å². The first-order valence-corrected chi connectivity index (χ1v) is 16.8. The molecule has 3 heterocycles. The number of alkyl halides is 3. The number of hydrogen-bond donors (Lipinski definition) is 2. The van der Waals surface area contributed by atoms with Crippen molar-refractivity contribution in [2.75, 3.05) is 13.1 Å². The van der Waals surface area contributed by atoms with Gasteiger partial charge >= 0.3 is 6.18 Å². The molecule has 3 aliphatic rings. The maximum absolute atomic E-state index is 14.6. The zero-order chi connectivity index (χ0) is 34.2. The molecule has 1 aliphatic carbocycles. The minimum absolute atomic E-state index is 0.00374. The molecule has 2 fully saturated rings. The van der Waals surface area contributed by atoms with Crippen LogP contribution in [0, 0.1) is 22.7 Å². The van der Waals surface area contributed by atoms with Crippen molar-refractivity contribution in [3.63, 3.8) is 0 Å². The Hall–Kier alpha value is -3.51. The van der Waals surface area contributed by atoms with Crippen molar-refractivity contribution in [2.24, 2.45) is 27.7 Å². The normalized spacial score (nSPS) is 23.7. The first-order chi connectivity index (χ1) is 22.0. The van der Waals surface area contributed by atoms with Gasteiger partial charge in [-0.05, 0) is 85.8 Å². The van der Waals surface area contributed by atoms with Crippen LogP contribution in [0.15, 0.2) is 29.3 Å². The van der Waals surface area contributed by atoms with Gasteiger partial charge in [0.15, 0.2) is 11.7 Å². The number of carbonyl (C=O) groups is 2. The van der Waals surface area contributed by atoms with Gasteiger partial charge in [-0.3, -0.25) is 9.59 Å². The molecule has 47 heavy (non-hydrogen) atoms. The highest BCUT2D eigenvalue weighted by molar-refractivity contribution is 6.39. The highest BCUT2D eigenvalue weighted by Gasteiger charge is 2.54. The standard InChI is InChI=1S/C34H49F3N8O2/c1-31(2,3)16-13-26(22-7-9-23(10-8-22)29(46)38-21-27-40-42-43-41-27)45-30(47)28(44-19-14-25(15-20-44)34(35,36)37)39-33(45)17-11-24(12-18-33)32(4,5)6/h7-10,24-26H,11-21H2,1-6H3,(H,38,46)(H,40,41,42,43)/t24?,26-,33?/m1/s1. The molecule has 0 bridgehead atoms. The minimum atomic E-state index is -4.24. The monoisotopic (exact) mass is 658 g/mol. The van der Waals surface area contributed by atoms with Crippen molar-refractivity contribution in [1.29, 1.82) is 0 Å². The average molecular weight is 659 g/mol. The molecule has 2 aromatic rings. The second-order valence-electron chi connectivity index (χ2n) is 15.8. The molecule has 2 amide bonds. The molecule has 5 rings (SSSR count). The van der Waals surface area contributed by atoms with Crippen LogP contribution in [0.2, 0.25) is 0 Å². The lowest BCUT2D eigenvalue weighted by Crippen LogP contribution is -2.52. The summed E-state index contributed by atoms with van der Waals surface area (Å²) in [4.78, 5) is 36.4. The van der Waals surface area contributed by atoms with Crippen molar-refractivity contribution in [3.05, 3.63) is 41.2 Å². The van der Waals surface area contributed by atoms with Crippen LogP contribution >= 0.6 is 0 Å². The van der Waals surface area contributed by atoms with E-state index in [4.69, 9.17) is 4.99 Å². The molecule has 2 N–H and O–H groups in total. The Bertz CT molecular complexity index is 1410. The highest BCUT2D eigenvalue weighted by atomic mass is 19.4. The summed E-state index contributed by atoms with van der Waals surface area (Å²) in [7, 11) is 0. The van der Waals surface area contributed by atoms with E-state index in [1.165, 1.54) is 0 Å². The van der Waals surface area contributed by atoms with Gasteiger partial charge < -0.3 is 15.1 Å². The van der Waals surface area contributed by atoms with Gasteiger partial charge in [0.25, 0.3) is 11.8 Å². The Balaban J connectivity index is 1.45. The molecule has 1 saturated heterocycles. The molecular formula is C34H49F3N8O2. The summed E-state index contributed by atoms with van der Waals surface area (Å²) in [6.07, 6.45) is 0.413. The number of aliphatic imine (C=N–C) groups is 1. The van der Waals surface area contributed by atoms with Crippen LogP contribution in [-0.2, 0) is 11.3 Å². The Morgan fingerprint density at radius 3 is 2.17 bits per heavy atom. The third-order valence-electron chi connectivity index (χ3n) is 10.3. The van der Waals surface area contributed by atoms with E-state index < -0.39 is 17.8 Å². The van der Waals surface area contributed by atoms with Crippen molar-refractivity contribution in [2.45, 2.75) is 117 Å². The molecule has 1 atom stereocenters. The number of nitrogens with zero attached hydrogens (tertiary/aromatic N) is 6. The number of amidine groups is 1. The number of benzene rings is 1. The molecule has 0 unspecified atom stereocenters. The zero-order valence-electron chi connectivity index (χ0n) is 28.5. The quantitative estimate of drug-likeness (QED) is 0.353. The van der Waals surface area contributed by atoms with Gasteiger partial charge in [0, 0.05) is 18.7 Å². The number of aromatic nitrogens is 4. The summed E-state index contributed by atoms with van der Waals surface area (Å²) in [5.41, 5.74) is 0.715. The number of H-pyrrole nitrogens is 1. The number of amides is 2. The third kappa shape index (κ3) is 7.97. The number of carbonyl (C=O) groups excluding carboxylic acids is 2. The van der Waals surface area contributed by atoms with E-state index >= 15 is 0 Å². The van der Waals surface area contributed by atoms with Gasteiger partial charge in [-0.2, -0.15) is 18.4 Å². The number of rotatable bonds is 7. The molecule has 258 valence electrons. The van der Waals surface area contributed by atoms with Crippen molar-refractivity contribution >= 4 is 17.6 Å². The molecule has 2 aliphatic heterocycles. The zero-order valence-corrected chi connectivity index (χ0v) is 28.5. The molecule has 1 aromatic carbocycles. The van der Waals surface area contributed by atoms with Crippen LogP contribution in [0.5, 0.6) is 0 Å². The van der Waals surface area contributed by atoms with Crippen LogP contribution in [-0.4, -0.2) is 73.0 Å². The first kappa shape index (κ1) is 34.8. The maximum atomic E-state index is 14.6. The topological polar surface area (TPSA) is 119 Å². The summed E-state index contributed by atoms with van der Waals surface area (Å²) in [5.74, 6) is -0.691. The maximum Gasteiger partial charge on any atom is 0.391 e. The van der Waals surface area contributed by atoms with Crippen LogP contribution in [0.4, 0.5) is 13.2 Å². The lowest BCUT2D eigenvalue weighted by Gasteiger charge is -2.47. The smallest absolute Gasteiger partial charge is 0.352 e. The minimum Gasteiger partial charge on any atom is -0.352 e. The van der Waals surface area contributed by atoms with Crippen LogP contribution in [0.25, 0.3) is 0 Å². The van der Waals surface area contributed by atoms with Gasteiger partial charge in [-0.1, -0.05) is 58.9 Å². The predicted octanol–water partition coefficient (Wildman–Crippen LogP) is 6.44. The molecule has 13 heteroatoms. The second kappa shape index (κ2) is 13.2. The molecule has 1 aromatic heterocycles. The second-order valence-corrected chi connectivity index (χ2v) is 15.8. The number of nitrogens with one attached hydrogen (secondary N) is 2. The number of hydrogen-bond acceptors (Lipinski definition) is 7. The average Bonchev–Trinajstić information content (AvgIpc) is 3.62. The number of aromatic amines is 1. The molecule has 10 nitrogen and oxygen atoms in total. The van der Waals surface area contributed by atoms with Gasteiger partial charge in [0.2, 0.25) is 0 Å². The summed E-state index contributed by atoms with van der Waals surface area (Å²) in [6.45, 7) is 13.7. The summed E-state index contributed by atoms with van der Waals surface area (Å²) in [6, 6.07) is 7.02. The number of piperidine rings is 1. The van der Waals surface area contributed by atoms with Gasteiger partial charge in [-0.25, -0.2) is 4.99 Å². The highest BCUT2D eigenvalue weighted by Crippen LogP contribution is 2.50. The molecular weight excluding hydrogens is 609 g/mol. The van der Waals surface area contributed by atoms with E-state index in [1.54, 1.807) is 17.0 Å². The van der Waals surface area contributed by atoms with E-state index in [0.29, 0.717) is 42.4 Å². The van der Waals surface area contributed by atoms with Gasteiger partial charge in [0.05, 0.1) is 18.5 Å². The Labute approximate surface area is 275 Å². The Morgan fingerprint density at radius 2 is 1.64 bits per heavy atom. The number of likely N-dealkylation sites (tertiary alicyclic amines) is 1. The molecule has 1 spiro atoms. The van der Waals surface area contributed by atoms with E-state index in [2.05, 4.69) is 67.5 Å². The predicted molar refractivity (Wildman–Crippen MR) is 172 cm³/mol. The summed E-state index contributed by atoms with van der Waals surface area (Å²) >= 11 is 0.